The summed E-state index contributed by atoms with van der Waals surface area (Å²) in [4.78, 5) is 22.3. The quantitative estimate of drug-likeness (QED) is 0.781. The van der Waals surface area contributed by atoms with Gasteiger partial charge < -0.3 is 18.0 Å². The Morgan fingerprint density at radius 2 is 1.47 bits per heavy atom. The van der Waals surface area contributed by atoms with Gasteiger partial charge in [0.15, 0.2) is 23.0 Å². The highest BCUT2D eigenvalue weighted by atomic mass is 127. The molecule has 0 spiro atoms. The van der Waals surface area contributed by atoms with Crippen molar-refractivity contribution < 1.29 is 27.6 Å². The predicted molar refractivity (Wildman–Crippen MR) is 75.4 cm³/mol. The molecule has 0 saturated heterocycles. The van der Waals surface area contributed by atoms with Gasteiger partial charge in [0.05, 0.1) is 0 Å². The number of ether oxygens (including phenoxy) is 1. The lowest BCUT2D eigenvalue weighted by Gasteiger charge is -2.23. The molecule has 2 N–H and O–H groups in total. The first-order valence-corrected chi connectivity index (χ1v) is 6.16. The lowest BCUT2D eigenvalue weighted by Crippen LogP contribution is -2.24. The fourth-order valence-corrected chi connectivity index (χ4v) is 1.74. The highest BCUT2D eigenvalue weighted by molar-refractivity contribution is 14.1. The van der Waals surface area contributed by atoms with Crippen LogP contribution in [0.4, 0.5) is 0 Å². The number of carbonyl (C=O) groups is 2. The molecule has 0 heterocycles. The van der Waals surface area contributed by atoms with Crippen LogP contribution in [-0.2, 0) is 0 Å². The van der Waals surface area contributed by atoms with Crippen molar-refractivity contribution in [3.05, 3.63) is 23.3 Å². The molecule has 0 atom stereocenters. The maximum absolute atomic E-state index is 11.2. The molecule has 1 rings (SSSR count). The molecule has 7 heteroatoms. The number of benzene rings is 1. The average molecular weight is 380 g/mol. The number of rotatable bonds is 4. The summed E-state index contributed by atoms with van der Waals surface area (Å²) < 4.78 is 10.3. The summed E-state index contributed by atoms with van der Waals surface area (Å²) in [6.45, 7) is 5.21. The zero-order valence-electron chi connectivity index (χ0n) is 10.6. The van der Waals surface area contributed by atoms with E-state index in [0.29, 0.717) is 0 Å². The summed E-state index contributed by atoms with van der Waals surface area (Å²) in [5.74, 6) is -2.48. The van der Waals surface area contributed by atoms with Gasteiger partial charge in [-0.2, -0.15) is 0 Å². The van der Waals surface area contributed by atoms with Gasteiger partial charge >= 0.3 is 11.9 Å². The molecule has 19 heavy (non-hydrogen) atoms. The molecule has 0 amide bonds. The van der Waals surface area contributed by atoms with E-state index in [9.17, 15) is 9.59 Å². The molecule has 0 fully saturated rings. The molecule has 1 aromatic rings. The average Bonchev–Trinajstić information content (AvgIpc) is 2.25. The van der Waals surface area contributed by atoms with Crippen LogP contribution in [0.3, 0.4) is 0 Å². The van der Waals surface area contributed by atoms with Gasteiger partial charge in [-0.25, -0.2) is 9.59 Å². The molecular weight excluding hydrogens is 367 g/mol. The molecule has 104 valence electrons. The maximum Gasteiger partial charge on any atom is 0.339 e. The second-order valence-electron chi connectivity index (χ2n) is 4.75. The van der Waals surface area contributed by atoms with Gasteiger partial charge in [-0.3, -0.25) is 0 Å². The SMILES string of the molecule is CC(C)(C)Oc1cc(C(=O)O)c(OI)cc1C(=O)O. The second kappa shape index (κ2) is 5.64. The minimum absolute atomic E-state index is 0.00500. The van der Waals surface area contributed by atoms with E-state index in [1.54, 1.807) is 20.8 Å². The molecule has 0 aromatic heterocycles. The van der Waals surface area contributed by atoms with Gasteiger partial charge in [0, 0.05) is 6.07 Å². The second-order valence-corrected chi connectivity index (χ2v) is 5.19. The third-order valence-electron chi connectivity index (χ3n) is 2.04. The maximum atomic E-state index is 11.2. The van der Waals surface area contributed by atoms with E-state index >= 15 is 0 Å². The van der Waals surface area contributed by atoms with Crippen LogP contribution >= 0.6 is 23.0 Å². The summed E-state index contributed by atoms with van der Waals surface area (Å²) in [7, 11) is 0. The predicted octanol–water partition coefficient (Wildman–Crippen LogP) is 2.99. The fourth-order valence-electron chi connectivity index (χ4n) is 1.37. The molecule has 1 aromatic carbocycles. The summed E-state index contributed by atoms with van der Waals surface area (Å²) >= 11 is 1.50. The highest BCUT2D eigenvalue weighted by Gasteiger charge is 2.23. The first-order valence-electron chi connectivity index (χ1n) is 5.28. The number of carboxylic acids is 2. The van der Waals surface area contributed by atoms with E-state index in [1.165, 1.54) is 23.0 Å². The number of aromatic carboxylic acids is 2. The van der Waals surface area contributed by atoms with E-state index in [0.717, 1.165) is 12.1 Å². The van der Waals surface area contributed by atoms with E-state index in [2.05, 4.69) is 0 Å². The van der Waals surface area contributed by atoms with Crippen LogP contribution in [0.5, 0.6) is 11.5 Å². The largest absolute Gasteiger partial charge is 0.487 e. The van der Waals surface area contributed by atoms with E-state index < -0.39 is 17.5 Å². The molecule has 6 nitrogen and oxygen atoms in total. The summed E-state index contributed by atoms with van der Waals surface area (Å²) in [6, 6.07) is 2.30. The monoisotopic (exact) mass is 380 g/mol. The van der Waals surface area contributed by atoms with Gasteiger partial charge in [0.1, 0.15) is 28.2 Å². The normalized spacial score (nSPS) is 10.9. The van der Waals surface area contributed by atoms with Crippen LogP contribution in [0.15, 0.2) is 12.1 Å². The van der Waals surface area contributed by atoms with Crippen LogP contribution in [0.2, 0.25) is 0 Å². The number of carboxylic acid groups (broad SMARTS) is 2. The Morgan fingerprint density at radius 1 is 1.05 bits per heavy atom. The van der Waals surface area contributed by atoms with E-state index in [1.807, 2.05) is 0 Å². The van der Waals surface area contributed by atoms with Crippen molar-refractivity contribution in [2.45, 2.75) is 26.4 Å². The first-order chi connectivity index (χ1) is 8.65. The lowest BCUT2D eigenvalue weighted by atomic mass is 10.1. The Kier molecular flexibility index (Phi) is 4.61. The molecule has 0 saturated carbocycles. The van der Waals surface area contributed by atoms with Crippen LogP contribution in [0.25, 0.3) is 0 Å². The third-order valence-corrected chi connectivity index (χ3v) is 2.52. The van der Waals surface area contributed by atoms with Crippen LogP contribution in [0.1, 0.15) is 41.5 Å². The molecule has 0 aliphatic rings. The van der Waals surface area contributed by atoms with Crippen molar-refractivity contribution in [3.8, 4) is 11.5 Å². The van der Waals surface area contributed by atoms with Crippen LogP contribution in [0, 0.1) is 0 Å². The summed E-state index contributed by atoms with van der Waals surface area (Å²) in [5.41, 5.74) is -0.947. The van der Waals surface area contributed by atoms with Crippen LogP contribution in [-0.4, -0.2) is 27.8 Å². The smallest absolute Gasteiger partial charge is 0.339 e. The van der Waals surface area contributed by atoms with Gasteiger partial charge in [-0.1, -0.05) is 0 Å². The Labute approximate surface area is 124 Å². The Hall–Kier alpha value is -1.51. The van der Waals surface area contributed by atoms with Gasteiger partial charge in [0.2, 0.25) is 0 Å². The Balaban J connectivity index is 3.45. The number of halogens is 1. The molecule has 0 radical (unpaired) electrons. The Bertz CT molecular complexity index is 518. The lowest BCUT2D eigenvalue weighted by molar-refractivity contribution is 0.0664. The molecule has 0 unspecified atom stereocenters. The van der Waals surface area contributed by atoms with Gasteiger partial charge in [-0.15, -0.1) is 0 Å². The van der Waals surface area contributed by atoms with Crippen molar-refractivity contribution >= 4 is 34.9 Å². The topological polar surface area (TPSA) is 93.1 Å². The third kappa shape index (κ3) is 3.98. The fraction of sp³-hybridized carbons (Fsp3) is 0.333. The van der Waals surface area contributed by atoms with Gasteiger partial charge in [-0.05, 0) is 26.8 Å². The zero-order chi connectivity index (χ0) is 14.8. The minimum atomic E-state index is -1.22. The molecule has 0 aliphatic carbocycles. The van der Waals surface area contributed by atoms with E-state index in [-0.39, 0.29) is 22.6 Å². The van der Waals surface area contributed by atoms with Crippen molar-refractivity contribution in [1.29, 1.82) is 0 Å². The summed E-state index contributed by atoms with van der Waals surface area (Å²) in [5, 5.41) is 18.2. The zero-order valence-corrected chi connectivity index (χ0v) is 12.7. The summed E-state index contributed by atoms with van der Waals surface area (Å²) in [6.07, 6.45) is 0. The van der Waals surface area contributed by atoms with Crippen LogP contribution < -0.4 is 7.80 Å². The van der Waals surface area contributed by atoms with E-state index in [4.69, 9.17) is 18.0 Å². The minimum Gasteiger partial charge on any atom is -0.487 e. The molecule has 0 bridgehead atoms. The van der Waals surface area contributed by atoms with Gasteiger partial charge in [0.25, 0.3) is 0 Å². The highest BCUT2D eigenvalue weighted by Crippen LogP contribution is 2.32. The molecule has 0 aliphatic heterocycles. The standard InChI is InChI=1S/C12H13IO6/c1-12(2,3)18-8-4-7(11(16)17)9(19-13)5-6(8)10(14)15/h4-5H,1-3H3,(H,14,15)(H,16,17). The van der Waals surface area contributed by atoms with Crippen molar-refractivity contribution in [3.63, 3.8) is 0 Å². The Morgan fingerprint density at radius 3 is 1.84 bits per heavy atom. The van der Waals surface area contributed by atoms with Crippen molar-refractivity contribution in [1.82, 2.24) is 0 Å². The number of hydrogen-bond acceptors (Lipinski definition) is 4. The number of hydrogen-bond donors (Lipinski definition) is 2. The van der Waals surface area contributed by atoms with Crippen molar-refractivity contribution in [2.75, 3.05) is 0 Å². The first kappa shape index (κ1) is 15.5. The van der Waals surface area contributed by atoms with Crippen molar-refractivity contribution in [2.24, 2.45) is 0 Å². The molecular formula is C12H13IO6.